The molecule has 314 valence electrons. The molecular weight excluding hydrogens is 833 g/mol. The molecule has 0 aliphatic rings. The van der Waals surface area contributed by atoms with Gasteiger partial charge in [-0.05, 0) is 95.1 Å². The van der Waals surface area contributed by atoms with Gasteiger partial charge >= 0.3 is 0 Å². The van der Waals surface area contributed by atoms with Crippen molar-refractivity contribution in [2.24, 2.45) is 0 Å². The van der Waals surface area contributed by atoms with E-state index in [9.17, 15) is 15.8 Å². The van der Waals surface area contributed by atoms with Crippen LogP contribution in [0.2, 0.25) is 0 Å². The van der Waals surface area contributed by atoms with Gasteiger partial charge in [0.05, 0.1) is 68.3 Å². The van der Waals surface area contributed by atoms with Gasteiger partial charge in [0.2, 0.25) is 0 Å². The third-order valence-electron chi connectivity index (χ3n) is 12.7. The average molecular weight is 867 g/mol. The first kappa shape index (κ1) is 39.6. The van der Waals surface area contributed by atoms with Crippen LogP contribution in [0.15, 0.2) is 206 Å². The standard InChI is InChI=1S/C60H34N8/c61-35-38-13-11-19-42(29-38)44-25-27-54-50(31-44)47-21-7-9-23-52(47)67(54)56-33-46(37-63)49(60-65-58(40-15-3-1-4-16-40)64-59(66-60)41-17-5-2-6-18-41)34-57(56)68-53-24-10-8-22-48(53)51-32-45(26-28-55(51)68)43-20-12-14-39(30-43)36-62/h1-34H. The highest BCUT2D eigenvalue weighted by atomic mass is 15.1. The topological polar surface area (TPSA) is 120 Å². The molecule has 0 radical (unpaired) electrons. The number of aromatic nitrogens is 5. The fourth-order valence-corrected chi connectivity index (χ4v) is 9.50. The van der Waals surface area contributed by atoms with Crippen LogP contribution in [0.25, 0.3) is 111 Å². The van der Waals surface area contributed by atoms with Crippen molar-refractivity contribution in [1.82, 2.24) is 24.1 Å². The summed E-state index contributed by atoms with van der Waals surface area (Å²) in [5, 5.41) is 34.9. The van der Waals surface area contributed by atoms with Gasteiger partial charge in [-0.15, -0.1) is 0 Å². The Balaban J connectivity index is 1.18. The predicted molar refractivity (Wildman–Crippen MR) is 270 cm³/mol. The first-order valence-electron chi connectivity index (χ1n) is 22.1. The highest BCUT2D eigenvalue weighted by molar-refractivity contribution is 6.13. The predicted octanol–water partition coefficient (Wildman–Crippen LogP) is 14.0. The van der Waals surface area contributed by atoms with Crippen molar-refractivity contribution in [2.45, 2.75) is 0 Å². The molecule has 3 heterocycles. The highest BCUT2D eigenvalue weighted by Gasteiger charge is 2.24. The monoisotopic (exact) mass is 866 g/mol. The quantitative estimate of drug-likeness (QED) is 0.157. The van der Waals surface area contributed by atoms with E-state index in [0.717, 1.165) is 88.4 Å². The number of rotatable bonds is 7. The minimum Gasteiger partial charge on any atom is -0.307 e. The molecule has 12 aromatic rings. The van der Waals surface area contributed by atoms with E-state index in [1.807, 2.05) is 133 Å². The van der Waals surface area contributed by atoms with Gasteiger partial charge in [0.15, 0.2) is 17.5 Å². The van der Waals surface area contributed by atoms with E-state index in [1.54, 1.807) is 0 Å². The number of hydrogen-bond donors (Lipinski definition) is 0. The van der Waals surface area contributed by atoms with Crippen molar-refractivity contribution in [2.75, 3.05) is 0 Å². The van der Waals surface area contributed by atoms with Crippen molar-refractivity contribution in [3.63, 3.8) is 0 Å². The lowest BCUT2D eigenvalue weighted by Crippen LogP contribution is -2.07. The molecule has 0 aliphatic carbocycles. The Morgan fingerprint density at radius 3 is 1.21 bits per heavy atom. The molecule has 0 fully saturated rings. The number of para-hydroxylation sites is 2. The van der Waals surface area contributed by atoms with Crippen LogP contribution >= 0.6 is 0 Å². The lowest BCUT2D eigenvalue weighted by molar-refractivity contribution is 1.06. The summed E-state index contributed by atoms with van der Waals surface area (Å²) in [5.41, 5.74) is 13.1. The molecule has 0 aliphatic heterocycles. The third-order valence-corrected chi connectivity index (χ3v) is 12.7. The van der Waals surface area contributed by atoms with Crippen molar-refractivity contribution in [3.05, 3.63) is 223 Å². The Labute approximate surface area is 390 Å². The first-order valence-corrected chi connectivity index (χ1v) is 22.1. The van der Waals surface area contributed by atoms with Crippen LogP contribution in [0.4, 0.5) is 0 Å². The van der Waals surface area contributed by atoms with Crippen LogP contribution in [0.3, 0.4) is 0 Å². The molecule has 0 bridgehead atoms. The van der Waals surface area contributed by atoms with Crippen LogP contribution in [0, 0.1) is 34.0 Å². The van der Waals surface area contributed by atoms with Crippen molar-refractivity contribution in [1.29, 1.82) is 15.8 Å². The normalized spacial score (nSPS) is 11.2. The molecule has 8 heteroatoms. The summed E-state index contributed by atoms with van der Waals surface area (Å²) in [6.45, 7) is 0. The van der Waals surface area contributed by atoms with E-state index < -0.39 is 0 Å². The van der Waals surface area contributed by atoms with Gasteiger partial charge < -0.3 is 9.13 Å². The lowest BCUT2D eigenvalue weighted by Gasteiger charge is -2.19. The molecule has 12 rings (SSSR count). The van der Waals surface area contributed by atoms with E-state index in [-0.39, 0.29) is 0 Å². The summed E-state index contributed by atoms with van der Waals surface area (Å²) in [5.74, 6) is 1.36. The zero-order valence-corrected chi connectivity index (χ0v) is 36.2. The van der Waals surface area contributed by atoms with Crippen LogP contribution in [-0.4, -0.2) is 24.1 Å². The molecule has 0 atom stereocenters. The minimum atomic E-state index is 0.369. The maximum atomic E-state index is 11.3. The average Bonchev–Trinajstić information content (AvgIpc) is 3.93. The molecule has 9 aromatic carbocycles. The van der Waals surface area contributed by atoms with Gasteiger partial charge in [-0.3, -0.25) is 0 Å². The Bertz CT molecular complexity index is 4070. The smallest absolute Gasteiger partial charge is 0.165 e. The van der Waals surface area contributed by atoms with Gasteiger partial charge in [-0.1, -0.05) is 133 Å². The lowest BCUT2D eigenvalue weighted by atomic mass is 10.0. The largest absolute Gasteiger partial charge is 0.307 e. The maximum absolute atomic E-state index is 11.3. The maximum Gasteiger partial charge on any atom is 0.165 e. The van der Waals surface area contributed by atoms with Gasteiger partial charge in [0.25, 0.3) is 0 Å². The second-order valence-electron chi connectivity index (χ2n) is 16.6. The van der Waals surface area contributed by atoms with Crippen LogP contribution in [-0.2, 0) is 0 Å². The van der Waals surface area contributed by atoms with E-state index in [0.29, 0.717) is 39.7 Å². The van der Waals surface area contributed by atoms with Gasteiger partial charge in [-0.25, -0.2) is 15.0 Å². The SMILES string of the molecule is N#Cc1cccc(-c2ccc3c(c2)c2ccccc2n3-c2cc(C#N)c(-c3nc(-c4ccccc4)nc(-c4ccccc4)n3)cc2-n2c3ccccc3c3cc(-c4cccc(C#N)c4)ccc32)c1. The molecule has 0 N–H and O–H groups in total. The number of benzene rings is 9. The minimum absolute atomic E-state index is 0.369. The van der Waals surface area contributed by atoms with Crippen molar-refractivity contribution >= 4 is 43.6 Å². The second kappa shape index (κ2) is 16.2. The van der Waals surface area contributed by atoms with Gasteiger partial charge in [0, 0.05) is 38.2 Å². The van der Waals surface area contributed by atoms with Crippen LogP contribution < -0.4 is 0 Å². The Morgan fingerprint density at radius 2 is 0.721 bits per heavy atom. The Morgan fingerprint density at radius 1 is 0.309 bits per heavy atom. The number of fused-ring (bicyclic) bond motifs is 6. The molecule has 0 unspecified atom stereocenters. The number of hydrogen-bond acceptors (Lipinski definition) is 6. The fraction of sp³-hybridized carbons (Fsp3) is 0. The molecule has 0 amide bonds. The van der Waals surface area contributed by atoms with E-state index in [4.69, 9.17) is 15.0 Å². The number of nitriles is 3. The summed E-state index contributed by atoms with van der Waals surface area (Å²) in [6.07, 6.45) is 0. The second-order valence-corrected chi connectivity index (χ2v) is 16.6. The molecule has 68 heavy (non-hydrogen) atoms. The van der Waals surface area contributed by atoms with E-state index in [1.165, 1.54) is 0 Å². The molecule has 3 aromatic heterocycles. The molecule has 0 saturated carbocycles. The van der Waals surface area contributed by atoms with Crippen LogP contribution in [0.1, 0.15) is 16.7 Å². The first-order chi connectivity index (χ1) is 33.6. The highest BCUT2D eigenvalue weighted by Crippen LogP contribution is 2.42. The van der Waals surface area contributed by atoms with Gasteiger partial charge in [0.1, 0.15) is 0 Å². The molecular formula is C60H34N8. The fourth-order valence-electron chi connectivity index (χ4n) is 9.50. The summed E-state index contributed by atoms with van der Waals surface area (Å²) in [6, 6.07) is 75.7. The third kappa shape index (κ3) is 6.63. The van der Waals surface area contributed by atoms with Crippen molar-refractivity contribution in [3.8, 4) is 86.0 Å². The molecule has 0 saturated heterocycles. The summed E-state index contributed by atoms with van der Waals surface area (Å²) >= 11 is 0. The van der Waals surface area contributed by atoms with E-state index in [2.05, 4.69) is 100 Å². The molecule has 8 nitrogen and oxygen atoms in total. The van der Waals surface area contributed by atoms with Gasteiger partial charge in [-0.2, -0.15) is 15.8 Å². The van der Waals surface area contributed by atoms with Crippen LogP contribution in [0.5, 0.6) is 0 Å². The Hall–Kier alpha value is -9.94. The summed E-state index contributed by atoms with van der Waals surface area (Å²) < 4.78 is 4.53. The summed E-state index contributed by atoms with van der Waals surface area (Å²) in [7, 11) is 0. The number of nitrogens with zero attached hydrogens (tertiary/aromatic N) is 8. The van der Waals surface area contributed by atoms with Crippen molar-refractivity contribution < 1.29 is 0 Å². The zero-order chi connectivity index (χ0) is 45.7. The van der Waals surface area contributed by atoms with E-state index >= 15 is 0 Å². The molecule has 0 spiro atoms. The Kier molecular flexibility index (Phi) is 9.47. The summed E-state index contributed by atoms with van der Waals surface area (Å²) in [4.78, 5) is 15.2. The zero-order valence-electron chi connectivity index (χ0n) is 36.2.